The molecule has 0 spiro atoms. The van der Waals surface area contributed by atoms with Gasteiger partial charge in [-0.1, -0.05) is 12.8 Å². The Labute approximate surface area is 116 Å². The summed E-state index contributed by atoms with van der Waals surface area (Å²) < 4.78 is 0. The Morgan fingerprint density at radius 1 is 1.25 bits per heavy atom. The first-order valence-corrected chi connectivity index (χ1v) is 6.68. The third-order valence-electron chi connectivity index (χ3n) is 3.51. The van der Waals surface area contributed by atoms with E-state index in [1.165, 1.54) is 18.2 Å². The smallest absolute Gasteiger partial charge is 0.271 e. The van der Waals surface area contributed by atoms with Crippen LogP contribution in [0.1, 0.15) is 36.0 Å². The molecular weight excluding hydrogens is 260 g/mol. The van der Waals surface area contributed by atoms with Crippen molar-refractivity contribution in [1.82, 2.24) is 5.43 Å². The maximum Gasteiger partial charge on any atom is 0.271 e. The van der Waals surface area contributed by atoms with Gasteiger partial charge in [-0.05, 0) is 18.9 Å². The highest BCUT2D eigenvalue weighted by Crippen LogP contribution is 2.28. The molecule has 1 aromatic carbocycles. The van der Waals surface area contributed by atoms with E-state index in [-0.39, 0.29) is 5.69 Å². The highest BCUT2D eigenvalue weighted by Gasteiger charge is 2.20. The number of hydrogen-bond donors (Lipinski definition) is 2. The Bertz CT molecular complexity index is 510. The average molecular weight is 278 g/mol. The fraction of sp³-hybridized carbons (Fsp3) is 0.462. The van der Waals surface area contributed by atoms with E-state index in [9.17, 15) is 14.9 Å². The van der Waals surface area contributed by atoms with Gasteiger partial charge in [-0.25, -0.2) is 5.84 Å². The fourth-order valence-electron chi connectivity index (χ4n) is 2.48. The number of rotatable bonds is 3. The molecule has 1 fully saturated rings. The van der Waals surface area contributed by atoms with Crippen LogP contribution in [0.15, 0.2) is 18.2 Å². The van der Waals surface area contributed by atoms with E-state index in [0.29, 0.717) is 11.3 Å². The number of nitrogens with two attached hydrogens (primary N) is 1. The lowest BCUT2D eigenvalue weighted by molar-refractivity contribution is -0.384. The second-order valence-electron chi connectivity index (χ2n) is 4.83. The van der Waals surface area contributed by atoms with Crippen molar-refractivity contribution in [3.8, 4) is 0 Å². The van der Waals surface area contributed by atoms with Crippen LogP contribution < -0.4 is 16.2 Å². The van der Waals surface area contributed by atoms with Crippen molar-refractivity contribution >= 4 is 17.3 Å². The zero-order chi connectivity index (χ0) is 14.5. The number of benzene rings is 1. The number of anilines is 1. The highest BCUT2D eigenvalue weighted by atomic mass is 16.6. The Morgan fingerprint density at radius 2 is 1.90 bits per heavy atom. The summed E-state index contributed by atoms with van der Waals surface area (Å²) in [5.41, 5.74) is 3.04. The van der Waals surface area contributed by atoms with Gasteiger partial charge < -0.3 is 4.90 Å². The van der Waals surface area contributed by atoms with Crippen molar-refractivity contribution in [3.63, 3.8) is 0 Å². The van der Waals surface area contributed by atoms with E-state index in [0.717, 1.165) is 38.8 Å². The molecule has 3 N–H and O–H groups in total. The lowest BCUT2D eigenvalue weighted by atomic mass is 10.1. The monoisotopic (exact) mass is 278 g/mol. The molecule has 7 heteroatoms. The number of amides is 1. The standard InChI is InChI=1S/C13H18N4O3/c14-15-13(18)11-6-5-10(17(19)20)9-12(11)16-7-3-1-2-4-8-16/h5-6,9H,1-4,7-8,14H2,(H,15,18). The normalized spacial score (nSPS) is 15.6. The molecule has 0 aliphatic carbocycles. The van der Waals surface area contributed by atoms with E-state index in [1.54, 1.807) is 0 Å². The molecule has 7 nitrogen and oxygen atoms in total. The number of nitrogens with zero attached hydrogens (tertiary/aromatic N) is 2. The number of carbonyl (C=O) groups is 1. The number of hydrazine groups is 1. The minimum absolute atomic E-state index is 0.0159. The first-order valence-electron chi connectivity index (χ1n) is 6.68. The summed E-state index contributed by atoms with van der Waals surface area (Å²) >= 11 is 0. The quantitative estimate of drug-likeness (QED) is 0.378. The first kappa shape index (κ1) is 14.3. The van der Waals surface area contributed by atoms with Gasteiger partial charge in [0.25, 0.3) is 11.6 Å². The lowest BCUT2D eigenvalue weighted by Crippen LogP contribution is -2.33. The minimum Gasteiger partial charge on any atom is -0.371 e. The molecule has 1 amide bonds. The zero-order valence-corrected chi connectivity index (χ0v) is 11.2. The number of nitro benzene ring substituents is 1. The van der Waals surface area contributed by atoms with E-state index in [2.05, 4.69) is 5.43 Å². The Morgan fingerprint density at radius 3 is 2.45 bits per heavy atom. The SMILES string of the molecule is NNC(=O)c1ccc([N+](=O)[O-])cc1N1CCCCCC1. The fourth-order valence-corrected chi connectivity index (χ4v) is 2.48. The van der Waals surface area contributed by atoms with Gasteiger partial charge in [0.1, 0.15) is 0 Å². The Balaban J connectivity index is 2.41. The van der Waals surface area contributed by atoms with Crippen molar-refractivity contribution in [2.24, 2.45) is 5.84 Å². The summed E-state index contributed by atoms with van der Waals surface area (Å²) in [6, 6.07) is 4.24. The van der Waals surface area contributed by atoms with Crippen LogP contribution in [0.3, 0.4) is 0 Å². The van der Waals surface area contributed by atoms with Gasteiger partial charge >= 0.3 is 0 Å². The number of hydrogen-bond acceptors (Lipinski definition) is 5. The van der Waals surface area contributed by atoms with Gasteiger partial charge in [-0.3, -0.25) is 20.3 Å². The molecule has 2 rings (SSSR count). The van der Waals surface area contributed by atoms with Gasteiger partial charge in [0, 0.05) is 25.2 Å². The van der Waals surface area contributed by atoms with Gasteiger partial charge in [0.2, 0.25) is 0 Å². The molecule has 0 atom stereocenters. The van der Waals surface area contributed by atoms with Crippen LogP contribution >= 0.6 is 0 Å². The molecular formula is C13H18N4O3. The van der Waals surface area contributed by atoms with Crippen molar-refractivity contribution in [2.45, 2.75) is 25.7 Å². The van der Waals surface area contributed by atoms with Crippen LogP contribution in [-0.4, -0.2) is 23.9 Å². The number of nitrogens with one attached hydrogen (secondary N) is 1. The molecule has 108 valence electrons. The first-order chi connectivity index (χ1) is 9.63. The summed E-state index contributed by atoms with van der Waals surface area (Å²) in [5, 5.41) is 10.9. The molecule has 0 bridgehead atoms. The summed E-state index contributed by atoms with van der Waals surface area (Å²) in [5.74, 6) is 4.75. The second-order valence-corrected chi connectivity index (χ2v) is 4.83. The van der Waals surface area contributed by atoms with Crippen LogP contribution in [0.25, 0.3) is 0 Å². The number of non-ortho nitro benzene ring substituents is 1. The minimum atomic E-state index is -0.453. The van der Waals surface area contributed by atoms with Gasteiger partial charge in [0.05, 0.1) is 16.2 Å². The topological polar surface area (TPSA) is 101 Å². The molecule has 1 aromatic rings. The van der Waals surface area contributed by atoms with E-state index in [1.807, 2.05) is 4.90 Å². The largest absolute Gasteiger partial charge is 0.371 e. The maximum atomic E-state index is 11.8. The van der Waals surface area contributed by atoms with E-state index >= 15 is 0 Å². The van der Waals surface area contributed by atoms with E-state index < -0.39 is 10.8 Å². The lowest BCUT2D eigenvalue weighted by Gasteiger charge is -2.24. The highest BCUT2D eigenvalue weighted by molar-refractivity contribution is 6.00. The third-order valence-corrected chi connectivity index (χ3v) is 3.51. The zero-order valence-electron chi connectivity index (χ0n) is 11.2. The predicted octanol–water partition coefficient (Wildman–Crippen LogP) is 1.58. The number of nitrogen functional groups attached to an aromatic ring is 1. The van der Waals surface area contributed by atoms with Crippen LogP contribution in [0.5, 0.6) is 0 Å². The van der Waals surface area contributed by atoms with Gasteiger partial charge in [-0.15, -0.1) is 0 Å². The second kappa shape index (κ2) is 6.33. The summed E-state index contributed by atoms with van der Waals surface area (Å²) in [6.07, 6.45) is 4.33. The molecule has 1 aliphatic rings. The Kier molecular flexibility index (Phi) is 4.52. The molecule has 20 heavy (non-hydrogen) atoms. The Hall–Kier alpha value is -2.15. The number of carbonyl (C=O) groups excluding carboxylic acids is 1. The van der Waals surface area contributed by atoms with Crippen LogP contribution in [0.4, 0.5) is 11.4 Å². The molecule has 0 aromatic heterocycles. The van der Waals surface area contributed by atoms with Crippen LogP contribution in [0, 0.1) is 10.1 Å². The molecule has 0 saturated carbocycles. The maximum absolute atomic E-state index is 11.8. The number of nitro groups is 1. The summed E-state index contributed by atoms with van der Waals surface area (Å²) in [6.45, 7) is 1.60. The molecule has 1 saturated heterocycles. The molecule has 0 radical (unpaired) electrons. The third kappa shape index (κ3) is 3.05. The van der Waals surface area contributed by atoms with Crippen LogP contribution in [-0.2, 0) is 0 Å². The average Bonchev–Trinajstić information content (AvgIpc) is 2.74. The van der Waals surface area contributed by atoms with Crippen LogP contribution in [0.2, 0.25) is 0 Å². The molecule has 0 unspecified atom stereocenters. The summed E-state index contributed by atoms with van der Waals surface area (Å²) in [7, 11) is 0. The van der Waals surface area contributed by atoms with Gasteiger partial charge in [-0.2, -0.15) is 0 Å². The predicted molar refractivity (Wildman–Crippen MR) is 75.4 cm³/mol. The van der Waals surface area contributed by atoms with Crippen molar-refractivity contribution in [1.29, 1.82) is 0 Å². The molecule has 1 aliphatic heterocycles. The molecule has 1 heterocycles. The van der Waals surface area contributed by atoms with Crippen molar-refractivity contribution < 1.29 is 9.72 Å². The van der Waals surface area contributed by atoms with Gasteiger partial charge in [0.15, 0.2) is 0 Å². The van der Waals surface area contributed by atoms with E-state index in [4.69, 9.17) is 5.84 Å². The van der Waals surface area contributed by atoms with Crippen molar-refractivity contribution in [3.05, 3.63) is 33.9 Å². The van der Waals surface area contributed by atoms with Crippen molar-refractivity contribution in [2.75, 3.05) is 18.0 Å². The summed E-state index contributed by atoms with van der Waals surface area (Å²) in [4.78, 5) is 24.3.